The summed E-state index contributed by atoms with van der Waals surface area (Å²) in [7, 11) is 0. The third kappa shape index (κ3) is 3.25. The number of benzene rings is 1. The molecule has 3 rings (SSSR count). The third-order valence-corrected chi connectivity index (χ3v) is 4.69. The number of aromatic nitrogens is 1. The Bertz CT molecular complexity index is 877. The Morgan fingerprint density at radius 2 is 2.17 bits per heavy atom. The van der Waals surface area contributed by atoms with Crippen LogP contribution < -0.4 is 0 Å². The van der Waals surface area contributed by atoms with Crippen molar-refractivity contribution in [3.8, 4) is 0 Å². The lowest BCUT2D eigenvalue weighted by atomic mass is 10.1. The number of hydrogen-bond donors (Lipinski definition) is 1. The zero-order chi connectivity index (χ0) is 16.6. The van der Waals surface area contributed by atoms with Gasteiger partial charge in [0.05, 0.1) is 10.4 Å². The topological polar surface area (TPSA) is 70.5 Å². The molecule has 1 N–H and O–H groups in total. The minimum absolute atomic E-state index is 0.265. The summed E-state index contributed by atoms with van der Waals surface area (Å²) in [5.74, 6) is -1.46. The number of aryl methyl sites for hydroxylation is 1. The number of nitrogens with zero attached hydrogens (tertiary/aromatic N) is 2. The Hall–Kier alpha value is -2.25. The molecule has 5 nitrogen and oxygen atoms in total. The van der Waals surface area contributed by atoms with E-state index in [0.717, 1.165) is 38.8 Å². The maximum atomic E-state index is 12.2. The molecule has 1 aliphatic rings. The molecule has 2 aromatic rings. The molecule has 116 valence electrons. The first-order valence-electron chi connectivity index (χ1n) is 6.78. The molecular weight excluding hydrogens is 332 g/mol. The van der Waals surface area contributed by atoms with Crippen LogP contribution in [0, 0.1) is 6.92 Å². The van der Waals surface area contributed by atoms with Gasteiger partial charge in [0.1, 0.15) is 10.9 Å². The molecule has 0 bridgehead atoms. The normalized spacial score (nSPS) is 16.6. The number of aliphatic carboxylic acids is 1. The summed E-state index contributed by atoms with van der Waals surface area (Å²) in [4.78, 5) is 29.0. The number of carboxylic acid groups (broad SMARTS) is 1. The molecule has 0 spiro atoms. The van der Waals surface area contributed by atoms with E-state index in [1.165, 1.54) is 0 Å². The molecule has 2 heterocycles. The highest BCUT2D eigenvalue weighted by molar-refractivity contribution is 8.26. The second kappa shape index (κ2) is 6.10. The Labute approximate surface area is 142 Å². The number of carboxylic acids is 1. The van der Waals surface area contributed by atoms with Crippen molar-refractivity contribution in [2.75, 3.05) is 6.54 Å². The van der Waals surface area contributed by atoms with Crippen molar-refractivity contribution in [2.24, 2.45) is 0 Å². The number of thioether (sulfide) groups is 1. The lowest BCUT2D eigenvalue weighted by molar-refractivity contribution is -0.140. The predicted octanol–water partition coefficient (Wildman–Crippen LogP) is 2.83. The van der Waals surface area contributed by atoms with E-state index in [-0.39, 0.29) is 10.2 Å². The molecule has 1 fully saturated rings. The molecule has 0 saturated carbocycles. The number of carbonyl (C=O) groups excluding carboxylic acids is 1. The SMILES string of the molecule is Cc1ccc2cc(/C=C3/SC(=S)N(CC(=O)O)C3=O)ccc2n1. The second-order valence-electron chi connectivity index (χ2n) is 5.07. The van der Waals surface area contributed by atoms with Crippen molar-refractivity contribution in [1.82, 2.24) is 9.88 Å². The molecule has 0 atom stereocenters. The highest BCUT2D eigenvalue weighted by Crippen LogP contribution is 2.32. The average Bonchev–Trinajstić information content (AvgIpc) is 2.75. The Kier molecular flexibility index (Phi) is 4.14. The summed E-state index contributed by atoms with van der Waals surface area (Å²) in [5, 5.41) is 9.81. The van der Waals surface area contributed by atoms with Crippen LogP contribution in [0.5, 0.6) is 0 Å². The lowest BCUT2D eigenvalue weighted by Crippen LogP contribution is -2.33. The number of fused-ring (bicyclic) bond motifs is 1. The zero-order valence-corrected chi connectivity index (χ0v) is 13.8. The molecule has 23 heavy (non-hydrogen) atoms. The maximum absolute atomic E-state index is 12.2. The van der Waals surface area contributed by atoms with Crippen LogP contribution in [0.25, 0.3) is 17.0 Å². The molecule has 7 heteroatoms. The number of carbonyl (C=O) groups is 2. The van der Waals surface area contributed by atoms with E-state index in [0.29, 0.717) is 4.91 Å². The monoisotopic (exact) mass is 344 g/mol. The van der Waals surface area contributed by atoms with E-state index in [1.807, 2.05) is 37.3 Å². The van der Waals surface area contributed by atoms with Gasteiger partial charge >= 0.3 is 5.97 Å². The molecule has 0 unspecified atom stereocenters. The first kappa shape index (κ1) is 15.6. The predicted molar refractivity (Wildman–Crippen MR) is 94.0 cm³/mol. The highest BCUT2D eigenvalue weighted by Gasteiger charge is 2.33. The van der Waals surface area contributed by atoms with Gasteiger partial charge in [-0.05, 0) is 36.8 Å². The summed E-state index contributed by atoms with van der Waals surface area (Å²) < 4.78 is 0.265. The van der Waals surface area contributed by atoms with Gasteiger partial charge in [-0.3, -0.25) is 19.5 Å². The van der Waals surface area contributed by atoms with Gasteiger partial charge in [0.2, 0.25) is 0 Å². The number of amides is 1. The van der Waals surface area contributed by atoms with Crippen LogP contribution in [-0.2, 0) is 9.59 Å². The molecule has 0 radical (unpaired) electrons. The molecular formula is C16H12N2O3S2. The van der Waals surface area contributed by atoms with Crippen LogP contribution in [0.1, 0.15) is 11.3 Å². The standard InChI is InChI=1S/C16H12N2O3S2/c1-9-2-4-11-6-10(3-5-12(11)17-9)7-13-15(21)18(8-14(19)20)16(22)23-13/h2-7H,8H2,1H3,(H,19,20)/b13-7+. The maximum Gasteiger partial charge on any atom is 0.323 e. The van der Waals surface area contributed by atoms with Gasteiger partial charge < -0.3 is 5.11 Å². The van der Waals surface area contributed by atoms with Crippen LogP contribution in [0.4, 0.5) is 0 Å². The number of thiocarbonyl (C=S) groups is 1. The summed E-state index contributed by atoms with van der Waals surface area (Å²) >= 11 is 6.19. The molecule has 1 aromatic heterocycles. The van der Waals surface area contributed by atoms with Crippen LogP contribution in [0.15, 0.2) is 35.2 Å². The van der Waals surface area contributed by atoms with Crippen LogP contribution in [0.3, 0.4) is 0 Å². The minimum Gasteiger partial charge on any atom is -0.480 e. The summed E-state index contributed by atoms with van der Waals surface area (Å²) in [6.07, 6.45) is 1.72. The van der Waals surface area contributed by atoms with E-state index in [1.54, 1.807) is 6.08 Å². The van der Waals surface area contributed by atoms with Gasteiger partial charge in [-0.25, -0.2) is 0 Å². The number of hydrogen-bond acceptors (Lipinski definition) is 5. The molecule has 0 aliphatic carbocycles. The van der Waals surface area contributed by atoms with Crippen molar-refractivity contribution in [3.63, 3.8) is 0 Å². The van der Waals surface area contributed by atoms with Gasteiger partial charge in [-0.2, -0.15) is 0 Å². The minimum atomic E-state index is -1.09. The zero-order valence-electron chi connectivity index (χ0n) is 12.1. The fraction of sp³-hybridized carbons (Fsp3) is 0.125. The smallest absolute Gasteiger partial charge is 0.323 e. The van der Waals surface area contributed by atoms with Gasteiger partial charge in [0, 0.05) is 11.1 Å². The van der Waals surface area contributed by atoms with E-state index < -0.39 is 12.5 Å². The van der Waals surface area contributed by atoms with Gasteiger partial charge in [-0.1, -0.05) is 36.1 Å². The van der Waals surface area contributed by atoms with Crippen molar-refractivity contribution < 1.29 is 14.7 Å². The fourth-order valence-electron chi connectivity index (χ4n) is 2.26. The highest BCUT2D eigenvalue weighted by atomic mass is 32.2. The molecule has 1 amide bonds. The fourth-order valence-corrected chi connectivity index (χ4v) is 3.51. The summed E-state index contributed by atoms with van der Waals surface area (Å²) in [5.41, 5.74) is 2.68. The van der Waals surface area contributed by atoms with Crippen molar-refractivity contribution in [3.05, 3.63) is 46.5 Å². The lowest BCUT2D eigenvalue weighted by Gasteiger charge is -2.10. The van der Waals surface area contributed by atoms with Gasteiger partial charge in [0.15, 0.2) is 0 Å². The van der Waals surface area contributed by atoms with Crippen molar-refractivity contribution in [2.45, 2.75) is 6.92 Å². The first-order chi connectivity index (χ1) is 10.9. The quantitative estimate of drug-likeness (QED) is 0.682. The molecule has 1 saturated heterocycles. The number of rotatable bonds is 3. The molecule has 1 aliphatic heterocycles. The van der Waals surface area contributed by atoms with E-state index in [4.69, 9.17) is 17.3 Å². The van der Waals surface area contributed by atoms with Gasteiger partial charge in [-0.15, -0.1) is 0 Å². The van der Waals surface area contributed by atoms with Crippen LogP contribution in [-0.4, -0.2) is 37.7 Å². The van der Waals surface area contributed by atoms with Crippen LogP contribution in [0.2, 0.25) is 0 Å². The largest absolute Gasteiger partial charge is 0.480 e. The van der Waals surface area contributed by atoms with E-state index >= 15 is 0 Å². The Morgan fingerprint density at radius 3 is 2.91 bits per heavy atom. The van der Waals surface area contributed by atoms with Crippen molar-refractivity contribution >= 4 is 57.2 Å². The summed E-state index contributed by atoms with van der Waals surface area (Å²) in [6, 6.07) is 9.61. The van der Waals surface area contributed by atoms with Crippen LogP contribution >= 0.6 is 24.0 Å². The van der Waals surface area contributed by atoms with Crippen molar-refractivity contribution in [1.29, 1.82) is 0 Å². The van der Waals surface area contributed by atoms with E-state index in [2.05, 4.69) is 4.98 Å². The summed E-state index contributed by atoms with van der Waals surface area (Å²) in [6.45, 7) is 1.52. The Morgan fingerprint density at radius 1 is 1.39 bits per heavy atom. The number of pyridine rings is 1. The average molecular weight is 344 g/mol. The van der Waals surface area contributed by atoms with E-state index in [9.17, 15) is 9.59 Å². The third-order valence-electron chi connectivity index (χ3n) is 3.32. The Balaban J connectivity index is 1.92. The second-order valence-corrected chi connectivity index (χ2v) is 6.74. The first-order valence-corrected chi connectivity index (χ1v) is 8.01. The van der Waals surface area contributed by atoms with Gasteiger partial charge in [0.25, 0.3) is 5.91 Å². The molecule has 1 aromatic carbocycles.